The zero-order chi connectivity index (χ0) is 14.2. The average Bonchev–Trinajstić information content (AvgIpc) is 2.62. The molecule has 102 valence electrons. The molecule has 0 aliphatic carbocycles. The third kappa shape index (κ3) is 2.47. The lowest BCUT2D eigenvalue weighted by atomic mass is 9.95. The quantitative estimate of drug-likeness (QED) is 0.877. The predicted molar refractivity (Wildman–Crippen MR) is 84.3 cm³/mol. The Bertz CT molecular complexity index is 599. The molecule has 2 nitrogen and oxygen atoms in total. The van der Waals surface area contributed by atoms with Gasteiger partial charge in [0, 0.05) is 10.4 Å². The molecule has 1 heterocycles. The van der Waals surface area contributed by atoms with Crippen molar-refractivity contribution in [3.63, 3.8) is 0 Å². The van der Waals surface area contributed by atoms with E-state index in [-0.39, 0.29) is 0 Å². The van der Waals surface area contributed by atoms with Gasteiger partial charge in [-0.15, -0.1) is 11.3 Å². The van der Waals surface area contributed by atoms with Gasteiger partial charge in [-0.2, -0.15) is 0 Å². The number of ether oxygens (including phenoxy) is 1. The first kappa shape index (κ1) is 13.9. The number of aryl methyl sites for hydroxylation is 1. The molecule has 1 aromatic carbocycles. The van der Waals surface area contributed by atoms with E-state index < -0.39 is 0 Å². The van der Waals surface area contributed by atoms with E-state index in [1.165, 1.54) is 27.1 Å². The van der Waals surface area contributed by atoms with Crippen LogP contribution in [0.2, 0.25) is 0 Å². The van der Waals surface area contributed by atoms with Crippen LogP contribution >= 0.6 is 11.3 Å². The van der Waals surface area contributed by atoms with Crippen molar-refractivity contribution in [3.8, 4) is 16.9 Å². The van der Waals surface area contributed by atoms with E-state index >= 15 is 0 Å². The molecule has 0 aliphatic heterocycles. The van der Waals surface area contributed by atoms with Gasteiger partial charge in [-0.3, -0.25) is 0 Å². The van der Waals surface area contributed by atoms with Gasteiger partial charge in [-0.05, 0) is 48.6 Å². The number of anilines is 1. The van der Waals surface area contributed by atoms with Crippen molar-refractivity contribution < 1.29 is 4.74 Å². The number of hydrogen-bond donors (Lipinski definition) is 1. The topological polar surface area (TPSA) is 35.2 Å². The van der Waals surface area contributed by atoms with Gasteiger partial charge < -0.3 is 10.5 Å². The monoisotopic (exact) mass is 275 g/mol. The Morgan fingerprint density at radius 2 is 1.89 bits per heavy atom. The van der Waals surface area contributed by atoms with Crippen LogP contribution in [0.4, 0.5) is 5.00 Å². The van der Waals surface area contributed by atoms with Gasteiger partial charge in [-0.25, -0.2) is 0 Å². The summed E-state index contributed by atoms with van der Waals surface area (Å²) in [4.78, 5) is 1.29. The summed E-state index contributed by atoms with van der Waals surface area (Å²) in [5, 5.41) is 0.898. The van der Waals surface area contributed by atoms with Crippen LogP contribution in [0.1, 0.15) is 35.8 Å². The van der Waals surface area contributed by atoms with E-state index in [2.05, 4.69) is 39.8 Å². The highest BCUT2D eigenvalue weighted by molar-refractivity contribution is 7.16. The first-order valence-electron chi connectivity index (χ1n) is 6.49. The van der Waals surface area contributed by atoms with Gasteiger partial charge in [0.25, 0.3) is 0 Å². The number of thiophene rings is 1. The van der Waals surface area contributed by atoms with E-state index in [0.29, 0.717) is 5.92 Å². The SMILES string of the molecule is COc1ccc(-c2c(N)sc(C)c2C)cc1C(C)C. The molecule has 0 fully saturated rings. The van der Waals surface area contributed by atoms with Gasteiger partial charge in [-0.1, -0.05) is 19.9 Å². The van der Waals surface area contributed by atoms with Crippen LogP contribution in [-0.2, 0) is 0 Å². The maximum atomic E-state index is 6.16. The summed E-state index contributed by atoms with van der Waals surface area (Å²) >= 11 is 1.66. The summed E-state index contributed by atoms with van der Waals surface area (Å²) in [5.74, 6) is 1.37. The standard InChI is InChI=1S/C16H21NOS/c1-9(2)13-8-12(6-7-14(13)18-5)15-10(3)11(4)19-16(15)17/h6-9H,17H2,1-5H3. The van der Waals surface area contributed by atoms with E-state index in [0.717, 1.165) is 10.8 Å². The second kappa shape index (κ2) is 5.25. The second-order valence-electron chi connectivity index (χ2n) is 5.13. The van der Waals surface area contributed by atoms with Crippen molar-refractivity contribution in [1.29, 1.82) is 0 Å². The Labute approximate surface area is 119 Å². The Hall–Kier alpha value is -1.48. The molecule has 0 saturated carbocycles. The lowest BCUT2D eigenvalue weighted by molar-refractivity contribution is 0.407. The highest BCUT2D eigenvalue weighted by atomic mass is 32.1. The minimum atomic E-state index is 0.427. The highest BCUT2D eigenvalue weighted by Crippen LogP contribution is 2.40. The molecule has 0 bridgehead atoms. The van der Waals surface area contributed by atoms with Crippen molar-refractivity contribution in [2.45, 2.75) is 33.6 Å². The third-order valence-corrected chi connectivity index (χ3v) is 4.59. The Kier molecular flexibility index (Phi) is 3.85. The van der Waals surface area contributed by atoms with Crippen LogP contribution in [0.15, 0.2) is 18.2 Å². The summed E-state index contributed by atoms with van der Waals surface area (Å²) in [7, 11) is 1.72. The van der Waals surface area contributed by atoms with E-state index in [9.17, 15) is 0 Å². The lowest BCUT2D eigenvalue weighted by Crippen LogP contribution is -1.95. The number of benzene rings is 1. The second-order valence-corrected chi connectivity index (χ2v) is 6.39. The number of hydrogen-bond acceptors (Lipinski definition) is 3. The smallest absolute Gasteiger partial charge is 0.122 e. The maximum Gasteiger partial charge on any atom is 0.122 e. The number of methoxy groups -OCH3 is 1. The van der Waals surface area contributed by atoms with Gasteiger partial charge in [0.05, 0.1) is 12.1 Å². The molecule has 0 spiro atoms. The van der Waals surface area contributed by atoms with Crippen LogP contribution < -0.4 is 10.5 Å². The van der Waals surface area contributed by atoms with Crippen molar-refractivity contribution >= 4 is 16.3 Å². The zero-order valence-corrected chi connectivity index (χ0v) is 13.0. The minimum absolute atomic E-state index is 0.427. The third-order valence-electron chi connectivity index (χ3n) is 3.55. The van der Waals surface area contributed by atoms with Crippen molar-refractivity contribution in [3.05, 3.63) is 34.2 Å². The van der Waals surface area contributed by atoms with E-state index in [1.807, 2.05) is 6.07 Å². The first-order valence-corrected chi connectivity index (χ1v) is 7.31. The minimum Gasteiger partial charge on any atom is -0.496 e. The Morgan fingerprint density at radius 3 is 2.37 bits per heavy atom. The first-order chi connectivity index (χ1) is 8.95. The number of nitrogens with two attached hydrogens (primary N) is 1. The van der Waals surface area contributed by atoms with Crippen molar-refractivity contribution in [2.24, 2.45) is 0 Å². The molecule has 2 N–H and O–H groups in total. The normalized spacial score (nSPS) is 11.1. The summed E-state index contributed by atoms with van der Waals surface area (Å²) in [6, 6.07) is 6.33. The summed E-state index contributed by atoms with van der Waals surface area (Å²) in [5.41, 5.74) is 11.0. The molecule has 0 aliphatic rings. The van der Waals surface area contributed by atoms with Crippen molar-refractivity contribution in [1.82, 2.24) is 0 Å². The molecule has 2 aromatic rings. The maximum absolute atomic E-state index is 6.16. The lowest BCUT2D eigenvalue weighted by Gasteiger charge is -2.14. The molecule has 1 aromatic heterocycles. The summed E-state index contributed by atoms with van der Waals surface area (Å²) in [6.07, 6.45) is 0. The fourth-order valence-corrected chi connectivity index (χ4v) is 3.31. The summed E-state index contributed by atoms with van der Waals surface area (Å²) < 4.78 is 5.43. The van der Waals surface area contributed by atoms with Crippen LogP contribution in [-0.4, -0.2) is 7.11 Å². The summed E-state index contributed by atoms with van der Waals surface area (Å²) in [6.45, 7) is 8.61. The van der Waals surface area contributed by atoms with Crippen molar-refractivity contribution in [2.75, 3.05) is 12.8 Å². The highest BCUT2D eigenvalue weighted by Gasteiger charge is 2.15. The fourth-order valence-electron chi connectivity index (χ4n) is 2.35. The van der Waals surface area contributed by atoms with Gasteiger partial charge >= 0.3 is 0 Å². The van der Waals surface area contributed by atoms with Gasteiger partial charge in [0.2, 0.25) is 0 Å². The van der Waals surface area contributed by atoms with E-state index in [1.54, 1.807) is 18.4 Å². The average molecular weight is 275 g/mol. The van der Waals surface area contributed by atoms with Crippen LogP contribution in [0.25, 0.3) is 11.1 Å². The van der Waals surface area contributed by atoms with Gasteiger partial charge in [0.1, 0.15) is 5.75 Å². The fraction of sp³-hybridized carbons (Fsp3) is 0.375. The van der Waals surface area contributed by atoms with Crippen LogP contribution in [0.5, 0.6) is 5.75 Å². The molecule has 0 amide bonds. The molecule has 19 heavy (non-hydrogen) atoms. The van der Waals surface area contributed by atoms with Crippen LogP contribution in [0.3, 0.4) is 0 Å². The van der Waals surface area contributed by atoms with Crippen LogP contribution in [0, 0.1) is 13.8 Å². The molecule has 2 rings (SSSR count). The molecule has 0 atom stereocenters. The van der Waals surface area contributed by atoms with E-state index in [4.69, 9.17) is 10.5 Å². The molecule has 0 radical (unpaired) electrons. The zero-order valence-electron chi connectivity index (χ0n) is 12.2. The van der Waals surface area contributed by atoms with Gasteiger partial charge in [0.15, 0.2) is 0 Å². The predicted octanol–water partition coefficient (Wildman–Crippen LogP) is 4.75. The Balaban J connectivity index is 2.60. The number of nitrogen functional groups attached to an aromatic ring is 1. The molecular weight excluding hydrogens is 254 g/mol. The molecule has 3 heteroatoms. The molecular formula is C16H21NOS. The molecule has 0 saturated heterocycles. The Morgan fingerprint density at radius 1 is 1.21 bits per heavy atom. The largest absolute Gasteiger partial charge is 0.496 e. The number of rotatable bonds is 3. The molecule has 0 unspecified atom stereocenters.